The first-order valence-corrected chi connectivity index (χ1v) is 5.95. The van der Waals surface area contributed by atoms with Gasteiger partial charge in [0, 0.05) is 5.75 Å². The predicted molar refractivity (Wildman–Crippen MR) is 61.0 cm³/mol. The fraction of sp³-hybridized carbons (Fsp3) is 0.364. The highest BCUT2D eigenvalue weighted by atomic mass is 32.2. The number of aliphatic carboxylic acids is 1. The molecule has 1 aliphatic rings. The molecule has 15 heavy (non-hydrogen) atoms. The second-order valence-electron chi connectivity index (χ2n) is 3.57. The van der Waals surface area contributed by atoms with Crippen LogP contribution in [0.15, 0.2) is 30.3 Å². The average molecular weight is 223 g/mol. The van der Waals surface area contributed by atoms with Gasteiger partial charge in [-0.3, -0.25) is 10.1 Å². The molecular formula is C11H13NO2S. The third-order valence-electron chi connectivity index (χ3n) is 2.41. The summed E-state index contributed by atoms with van der Waals surface area (Å²) in [6.07, 6.45) is 0.884. The highest BCUT2D eigenvalue weighted by Gasteiger charge is 2.29. The molecule has 1 aromatic carbocycles. The van der Waals surface area contributed by atoms with Gasteiger partial charge >= 0.3 is 5.97 Å². The van der Waals surface area contributed by atoms with Crippen LogP contribution in [0.1, 0.15) is 5.56 Å². The van der Waals surface area contributed by atoms with Crippen LogP contribution in [0.3, 0.4) is 0 Å². The summed E-state index contributed by atoms with van der Waals surface area (Å²) < 4.78 is 0. The zero-order valence-corrected chi connectivity index (χ0v) is 9.04. The van der Waals surface area contributed by atoms with Crippen LogP contribution in [0.5, 0.6) is 0 Å². The fourth-order valence-electron chi connectivity index (χ4n) is 1.62. The van der Waals surface area contributed by atoms with Gasteiger partial charge < -0.3 is 5.11 Å². The highest BCUT2D eigenvalue weighted by Crippen LogP contribution is 2.22. The second-order valence-corrected chi connectivity index (χ2v) is 4.80. The van der Waals surface area contributed by atoms with E-state index in [2.05, 4.69) is 17.4 Å². The van der Waals surface area contributed by atoms with E-state index in [0.29, 0.717) is 5.75 Å². The van der Waals surface area contributed by atoms with Gasteiger partial charge in [0.15, 0.2) is 0 Å². The van der Waals surface area contributed by atoms with E-state index < -0.39 is 5.97 Å². The molecule has 0 unspecified atom stereocenters. The topological polar surface area (TPSA) is 49.3 Å². The van der Waals surface area contributed by atoms with E-state index in [9.17, 15) is 4.79 Å². The van der Waals surface area contributed by atoms with Crippen molar-refractivity contribution in [3.63, 3.8) is 0 Å². The van der Waals surface area contributed by atoms with Gasteiger partial charge in [-0.2, -0.15) is 0 Å². The lowest BCUT2D eigenvalue weighted by Crippen LogP contribution is -2.37. The van der Waals surface area contributed by atoms with Crippen molar-refractivity contribution in [2.24, 2.45) is 0 Å². The molecule has 1 heterocycles. The zero-order chi connectivity index (χ0) is 10.7. The van der Waals surface area contributed by atoms with Gasteiger partial charge in [0.25, 0.3) is 0 Å². The summed E-state index contributed by atoms with van der Waals surface area (Å²) in [5, 5.41) is 12.2. The van der Waals surface area contributed by atoms with Gasteiger partial charge in [0.05, 0.1) is 5.37 Å². The van der Waals surface area contributed by atoms with Crippen molar-refractivity contribution in [2.45, 2.75) is 17.8 Å². The first-order valence-electron chi connectivity index (χ1n) is 4.90. The number of hydrogen-bond acceptors (Lipinski definition) is 3. The minimum absolute atomic E-state index is 0.230. The Hall–Kier alpha value is -1.00. The maximum Gasteiger partial charge on any atom is 0.321 e. The second kappa shape index (κ2) is 4.68. The maximum atomic E-state index is 10.7. The van der Waals surface area contributed by atoms with Crippen molar-refractivity contribution in [2.75, 3.05) is 5.75 Å². The minimum atomic E-state index is -0.752. The number of nitrogens with one attached hydrogen (secondary N) is 1. The lowest BCUT2D eigenvalue weighted by Gasteiger charge is -2.10. The molecule has 0 aromatic heterocycles. The molecular weight excluding hydrogens is 210 g/mol. The first kappa shape index (κ1) is 10.5. The summed E-state index contributed by atoms with van der Waals surface area (Å²) in [6, 6.07) is 9.74. The van der Waals surface area contributed by atoms with Crippen LogP contribution in [0.4, 0.5) is 0 Å². The van der Waals surface area contributed by atoms with E-state index in [0.717, 1.165) is 6.42 Å². The molecule has 1 fully saturated rings. The molecule has 0 radical (unpaired) electrons. The number of carbonyl (C=O) groups is 1. The van der Waals surface area contributed by atoms with Crippen molar-refractivity contribution >= 4 is 17.7 Å². The predicted octanol–water partition coefficient (Wildman–Crippen LogP) is 1.34. The Morgan fingerprint density at radius 1 is 1.47 bits per heavy atom. The minimum Gasteiger partial charge on any atom is -0.480 e. The van der Waals surface area contributed by atoms with Crippen molar-refractivity contribution in [1.82, 2.24) is 5.32 Å². The molecule has 2 rings (SSSR count). The van der Waals surface area contributed by atoms with Crippen LogP contribution in [0.25, 0.3) is 0 Å². The number of carboxylic acids is 1. The SMILES string of the molecule is O=C(O)[C@H]1CS[C@H](Cc2ccccc2)N1. The van der Waals surface area contributed by atoms with Crippen molar-refractivity contribution in [1.29, 1.82) is 0 Å². The van der Waals surface area contributed by atoms with Crippen LogP contribution < -0.4 is 5.32 Å². The first-order chi connectivity index (χ1) is 7.25. The Morgan fingerprint density at radius 3 is 2.80 bits per heavy atom. The quantitative estimate of drug-likeness (QED) is 0.812. The molecule has 4 heteroatoms. The molecule has 1 saturated heterocycles. The Kier molecular flexibility index (Phi) is 3.28. The summed E-state index contributed by atoms with van der Waals surface area (Å²) in [5.74, 6) is -0.0922. The molecule has 3 nitrogen and oxygen atoms in total. The molecule has 0 amide bonds. The molecule has 1 aromatic rings. The van der Waals surface area contributed by atoms with E-state index in [1.807, 2.05) is 18.2 Å². The van der Waals surface area contributed by atoms with Gasteiger partial charge in [-0.15, -0.1) is 11.8 Å². The van der Waals surface area contributed by atoms with E-state index in [1.54, 1.807) is 11.8 Å². The van der Waals surface area contributed by atoms with Gasteiger partial charge in [-0.05, 0) is 12.0 Å². The monoisotopic (exact) mass is 223 g/mol. The zero-order valence-electron chi connectivity index (χ0n) is 8.22. The number of carboxylic acid groups (broad SMARTS) is 1. The molecule has 0 aliphatic carbocycles. The Bertz CT molecular complexity index is 342. The molecule has 80 valence electrons. The summed E-state index contributed by atoms with van der Waals surface area (Å²) in [7, 11) is 0. The van der Waals surface area contributed by atoms with E-state index in [4.69, 9.17) is 5.11 Å². The Balaban J connectivity index is 1.90. The fourth-order valence-corrected chi connectivity index (χ4v) is 2.86. The Labute approximate surface area is 92.9 Å². The summed E-state index contributed by atoms with van der Waals surface area (Å²) >= 11 is 1.68. The number of thioether (sulfide) groups is 1. The molecule has 2 atom stereocenters. The summed E-state index contributed by atoms with van der Waals surface area (Å²) in [5.41, 5.74) is 1.24. The molecule has 2 N–H and O–H groups in total. The van der Waals surface area contributed by atoms with Gasteiger partial charge in [-0.1, -0.05) is 30.3 Å². The number of rotatable bonds is 3. The molecule has 1 aliphatic heterocycles. The van der Waals surface area contributed by atoms with Gasteiger partial charge in [0.1, 0.15) is 6.04 Å². The third kappa shape index (κ3) is 2.73. The van der Waals surface area contributed by atoms with Crippen LogP contribution in [0.2, 0.25) is 0 Å². The van der Waals surface area contributed by atoms with Crippen molar-refractivity contribution in [3.05, 3.63) is 35.9 Å². The van der Waals surface area contributed by atoms with Crippen LogP contribution in [0, 0.1) is 0 Å². The van der Waals surface area contributed by atoms with Crippen molar-refractivity contribution < 1.29 is 9.90 Å². The maximum absolute atomic E-state index is 10.7. The van der Waals surface area contributed by atoms with Gasteiger partial charge in [-0.25, -0.2) is 0 Å². The number of hydrogen-bond donors (Lipinski definition) is 2. The highest BCUT2D eigenvalue weighted by molar-refractivity contribution is 8.00. The summed E-state index contributed by atoms with van der Waals surface area (Å²) in [6.45, 7) is 0. The van der Waals surface area contributed by atoms with E-state index >= 15 is 0 Å². The van der Waals surface area contributed by atoms with Crippen LogP contribution in [-0.4, -0.2) is 28.2 Å². The van der Waals surface area contributed by atoms with Crippen LogP contribution in [-0.2, 0) is 11.2 Å². The molecule has 0 saturated carbocycles. The third-order valence-corrected chi connectivity index (χ3v) is 3.64. The van der Waals surface area contributed by atoms with Crippen molar-refractivity contribution in [3.8, 4) is 0 Å². The largest absolute Gasteiger partial charge is 0.480 e. The Morgan fingerprint density at radius 2 is 2.20 bits per heavy atom. The van der Waals surface area contributed by atoms with Crippen LogP contribution >= 0.6 is 11.8 Å². The molecule has 0 spiro atoms. The standard InChI is InChI=1S/C11H13NO2S/c13-11(14)9-7-15-10(12-9)6-8-4-2-1-3-5-8/h1-5,9-10,12H,6-7H2,(H,13,14)/t9-,10-/m1/s1. The lowest BCUT2D eigenvalue weighted by atomic mass is 10.1. The molecule has 0 bridgehead atoms. The number of benzene rings is 1. The average Bonchev–Trinajstić information content (AvgIpc) is 2.68. The normalized spacial score (nSPS) is 25.3. The van der Waals surface area contributed by atoms with Gasteiger partial charge in [0.2, 0.25) is 0 Å². The van der Waals surface area contributed by atoms with E-state index in [-0.39, 0.29) is 11.4 Å². The summed E-state index contributed by atoms with van der Waals surface area (Å²) in [4.78, 5) is 10.7. The smallest absolute Gasteiger partial charge is 0.321 e. The van der Waals surface area contributed by atoms with E-state index in [1.165, 1.54) is 5.56 Å². The lowest BCUT2D eigenvalue weighted by molar-refractivity contribution is -0.138.